The fraction of sp³-hybridized carbons (Fsp3) is 0.167. The van der Waals surface area contributed by atoms with Crippen LogP contribution in [-0.4, -0.2) is 16.1 Å². The molecule has 0 radical (unpaired) electrons. The molecule has 2 rings (SSSR count). The molecule has 0 atom stereocenters. The van der Waals surface area contributed by atoms with Crippen LogP contribution in [0.25, 0.3) is 11.3 Å². The van der Waals surface area contributed by atoms with Crippen molar-refractivity contribution in [1.82, 2.24) is 9.78 Å². The number of nitrogen functional groups attached to an aromatic ring is 1. The highest BCUT2D eigenvalue weighted by Gasteiger charge is 2.14. The van der Waals surface area contributed by atoms with Crippen molar-refractivity contribution in [3.63, 3.8) is 0 Å². The number of anilines is 1. The first-order valence-corrected chi connectivity index (χ1v) is 4.98. The Hall–Kier alpha value is -2.10. The van der Waals surface area contributed by atoms with E-state index in [0.29, 0.717) is 17.1 Å². The molecule has 0 bridgehead atoms. The Labute approximate surface area is 93.7 Å². The maximum absolute atomic E-state index is 11.0. The van der Waals surface area contributed by atoms with Crippen molar-refractivity contribution in [1.29, 1.82) is 0 Å². The van der Waals surface area contributed by atoms with E-state index in [9.17, 15) is 4.79 Å². The SMILES string of the molecule is Cc1ccc(-c2nn(C)c(N)c2C=O)cc1. The van der Waals surface area contributed by atoms with Crippen LogP contribution >= 0.6 is 0 Å². The van der Waals surface area contributed by atoms with E-state index in [4.69, 9.17) is 5.73 Å². The Kier molecular flexibility index (Phi) is 2.48. The second kappa shape index (κ2) is 3.81. The van der Waals surface area contributed by atoms with Crippen molar-refractivity contribution in [2.24, 2.45) is 7.05 Å². The first-order valence-electron chi connectivity index (χ1n) is 4.98. The van der Waals surface area contributed by atoms with Crippen molar-refractivity contribution in [2.75, 3.05) is 5.73 Å². The summed E-state index contributed by atoms with van der Waals surface area (Å²) in [6, 6.07) is 7.83. The maximum atomic E-state index is 11.0. The first kappa shape index (κ1) is 10.4. The quantitative estimate of drug-likeness (QED) is 0.777. The van der Waals surface area contributed by atoms with Crippen LogP contribution in [0.4, 0.5) is 5.82 Å². The van der Waals surface area contributed by atoms with Gasteiger partial charge in [0.05, 0.1) is 5.56 Å². The van der Waals surface area contributed by atoms with E-state index in [1.807, 2.05) is 31.2 Å². The number of rotatable bonds is 2. The number of hydrogen-bond acceptors (Lipinski definition) is 3. The lowest BCUT2D eigenvalue weighted by atomic mass is 10.1. The normalized spacial score (nSPS) is 10.4. The number of carbonyl (C=O) groups is 1. The van der Waals surface area contributed by atoms with E-state index >= 15 is 0 Å². The topological polar surface area (TPSA) is 60.9 Å². The lowest BCUT2D eigenvalue weighted by Gasteiger charge is -1.98. The van der Waals surface area contributed by atoms with Crippen LogP contribution in [0.15, 0.2) is 24.3 Å². The molecule has 1 aromatic heterocycles. The monoisotopic (exact) mass is 215 g/mol. The minimum Gasteiger partial charge on any atom is -0.383 e. The van der Waals surface area contributed by atoms with Gasteiger partial charge in [-0.2, -0.15) is 5.10 Å². The molecule has 4 nitrogen and oxygen atoms in total. The molecule has 82 valence electrons. The Morgan fingerprint density at radius 2 is 1.94 bits per heavy atom. The molecule has 0 spiro atoms. The molecule has 0 fully saturated rings. The lowest BCUT2D eigenvalue weighted by Crippen LogP contribution is -1.98. The zero-order chi connectivity index (χ0) is 11.7. The van der Waals surface area contributed by atoms with Crippen LogP contribution < -0.4 is 5.73 Å². The summed E-state index contributed by atoms with van der Waals surface area (Å²) in [4.78, 5) is 11.0. The number of benzene rings is 1. The van der Waals surface area contributed by atoms with E-state index < -0.39 is 0 Å². The van der Waals surface area contributed by atoms with Crippen molar-refractivity contribution >= 4 is 12.1 Å². The van der Waals surface area contributed by atoms with E-state index in [1.165, 1.54) is 10.2 Å². The van der Waals surface area contributed by atoms with E-state index in [-0.39, 0.29) is 0 Å². The predicted octanol–water partition coefficient (Wildman–Crippen LogP) is 1.79. The molecule has 0 unspecified atom stereocenters. The highest BCUT2D eigenvalue weighted by atomic mass is 16.1. The molecule has 0 aliphatic carbocycles. The van der Waals surface area contributed by atoms with Gasteiger partial charge in [-0.25, -0.2) is 0 Å². The summed E-state index contributed by atoms with van der Waals surface area (Å²) in [5, 5.41) is 4.24. The number of carbonyl (C=O) groups excluding carboxylic acids is 1. The van der Waals surface area contributed by atoms with Gasteiger partial charge in [0.1, 0.15) is 11.5 Å². The Balaban J connectivity index is 2.59. The molecule has 2 aromatic rings. The Morgan fingerprint density at radius 3 is 2.50 bits per heavy atom. The van der Waals surface area contributed by atoms with Gasteiger partial charge in [0.2, 0.25) is 0 Å². The number of aryl methyl sites for hydroxylation is 2. The van der Waals surface area contributed by atoms with Gasteiger partial charge in [0.25, 0.3) is 0 Å². The highest BCUT2D eigenvalue weighted by molar-refractivity contribution is 5.91. The van der Waals surface area contributed by atoms with Crippen LogP contribution in [0.5, 0.6) is 0 Å². The second-order valence-electron chi connectivity index (χ2n) is 3.76. The fourth-order valence-corrected chi connectivity index (χ4v) is 1.59. The smallest absolute Gasteiger partial charge is 0.156 e. The van der Waals surface area contributed by atoms with Crippen LogP contribution in [0.2, 0.25) is 0 Å². The summed E-state index contributed by atoms with van der Waals surface area (Å²) in [5.41, 5.74) is 8.90. The van der Waals surface area contributed by atoms with Gasteiger partial charge in [-0.3, -0.25) is 9.48 Å². The molecular formula is C12H13N3O. The molecule has 0 amide bonds. The molecule has 4 heteroatoms. The number of aldehydes is 1. The maximum Gasteiger partial charge on any atom is 0.156 e. The van der Waals surface area contributed by atoms with Crippen molar-refractivity contribution in [3.05, 3.63) is 35.4 Å². The van der Waals surface area contributed by atoms with Gasteiger partial charge in [-0.05, 0) is 6.92 Å². The summed E-state index contributed by atoms with van der Waals surface area (Å²) in [5.74, 6) is 0.394. The number of aromatic nitrogens is 2. The standard InChI is InChI=1S/C12H13N3O/c1-8-3-5-9(6-4-8)11-10(7-16)12(13)15(2)14-11/h3-7H,13H2,1-2H3. The lowest BCUT2D eigenvalue weighted by molar-refractivity contribution is 0.112. The molecule has 16 heavy (non-hydrogen) atoms. The van der Waals surface area contributed by atoms with Gasteiger partial charge in [-0.15, -0.1) is 0 Å². The molecule has 1 aromatic carbocycles. The average molecular weight is 215 g/mol. The predicted molar refractivity (Wildman–Crippen MR) is 63.2 cm³/mol. The number of nitrogens with zero attached hydrogens (tertiary/aromatic N) is 2. The molecule has 0 saturated heterocycles. The van der Waals surface area contributed by atoms with Gasteiger partial charge in [0, 0.05) is 12.6 Å². The molecule has 0 saturated carbocycles. The average Bonchev–Trinajstić information content (AvgIpc) is 2.56. The number of nitrogens with two attached hydrogens (primary N) is 1. The highest BCUT2D eigenvalue weighted by Crippen LogP contribution is 2.25. The van der Waals surface area contributed by atoms with Crippen LogP contribution in [0.1, 0.15) is 15.9 Å². The van der Waals surface area contributed by atoms with Gasteiger partial charge < -0.3 is 5.73 Å². The third-order valence-electron chi connectivity index (χ3n) is 2.57. The first-order chi connectivity index (χ1) is 7.63. The van der Waals surface area contributed by atoms with Crippen LogP contribution in [0.3, 0.4) is 0 Å². The van der Waals surface area contributed by atoms with Crippen molar-refractivity contribution < 1.29 is 4.79 Å². The summed E-state index contributed by atoms with van der Waals surface area (Å²) in [7, 11) is 1.72. The molecule has 1 heterocycles. The van der Waals surface area contributed by atoms with Crippen LogP contribution in [0, 0.1) is 6.92 Å². The van der Waals surface area contributed by atoms with E-state index in [1.54, 1.807) is 7.05 Å². The van der Waals surface area contributed by atoms with E-state index in [0.717, 1.165) is 11.8 Å². The van der Waals surface area contributed by atoms with Crippen molar-refractivity contribution in [2.45, 2.75) is 6.92 Å². The summed E-state index contributed by atoms with van der Waals surface area (Å²) < 4.78 is 1.51. The van der Waals surface area contributed by atoms with Crippen molar-refractivity contribution in [3.8, 4) is 11.3 Å². The molecule has 0 aliphatic heterocycles. The summed E-state index contributed by atoms with van der Waals surface area (Å²) in [6.45, 7) is 2.01. The molecular weight excluding hydrogens is 202 g/mol. The van der Waals surface area contributed by atoms with Crippen LogP contribution in [-0.2, 0) is 7.05 Å². The molecule has 2 N–H and O–H groups in total. The largest absolute Gasteiger partial charge is 0.383 e. The second-order valence-corrected chi connectivity index (χ2v) is 3.76. The minimum atomic E-state index is 0.394. The number of hydrogen-bond donors (Lipinski definition) is 1. The van der Waals surface area contributed by atoms with Gasteiger partial charge >= 0.3 is 0 Å². The zero-order valence-electron chi connectivity index (χ0n) is 9.27. The summed E-state index contributed by atoms with van der Waals surface area (Å²) >= 11 is 0. The zero-order valence-corrected chi connectivity index (χ0v) is 9.27. The Morgan fingerprint density at radius 1 is 1.31 bits per heavy atom. The Bertz CT molecular complexity index is 526. The van der Waals surface area contributed by atoms with Gasteiger partial charge in [-0.1, -0.05) is 29.8 Å². The third kappa shape index (κ3) is 1.58. The summed E-state index contributed by atoms with van der Waals surface area (Å²) in [6.07, 6.45) is 0.748. The minimum absolute atomic E-state index is 0.394. The molecule has 0 aliphatic rings. The van der Waals surface area contributed by atoms with Gasteiger partial charge in [0.15, 0.2) is 6.29 Å². The fourth-order valence-electron chi connectivity index (χ4n) is 1.59. The van der Waals surface area contributed by atoms with E-state index in [2.05, 4.69) is 5.10 Å². The third-order valence-corrected chi connectivity index (χ3v) is 2.57.